The first-order valence-electron chi connectivity index (χ1n) is 5.58. The second-order valence-corrected chi connectivity index (χ2v) is 7.34. The smallest absolute Gasteiger partial charge is 0.266 e. The highest BCUT2D eigenvalue weighted by molar-refractivity contribution is 8.26. The first kappa shape index (κ1) is 15.2. The van der Waals surface area contributed by atoms with Crippen LogP contribution in [0.25, 0.3) is 6.08 Å². The molecule has 1 amide bonds. The minimum absolute atomic E-state index is 0.207. The van der Waals surface area contributed by atoms with Crippen LogP contribution in [0.4, 0.5) is 0 Å². The van der Waals surface area contributed by atoms with Crippen molar-refractivity contribution in [1.82, 2.24) is 9.47 Å². The second-order valence-electron chi connectivity index (χ2n) is 4.14. The molecule has 1 aromatic rings. The highest BCUT2D eigenvalue weighted by Crippen LogP contribution is 2.32. The van der Waals surface area contributed by atoms with Crippen molar-refractivity contribution in [3.63, 3.8) is 0 Å². The van der Waals surface area contributed by atoms with Crippen LogP contribution < -0.4 is 0 Å². The van der Waals surface area contributed by atoms with Gasteiger partial charge >= 0.3 is 0 Å². The normalized spacial score (nSPS) is 18.3. The third-order valence-corrected chi connectivity index (χ3v) is 4.76. The van der Waals surface area contributed by atoms with Crippen LogP contribution in [0.1, 0.15) is 5.69 Å². The van der Waals surface area contributed by atoms with Crippen molar-refractivity contribution in [2.45, 2.75) is 0 Å². The molecule has 0 bridgehead atoms. The lowest BCUT2D eigenvalue weighted by molar-refractivity contribution is -0.121. The molecule has 0 saturated carbocycles. The van der Waals surface area contributed by atoms with E-state index in [9.17, 15) is 17.8 Å². The summed E-state index contributed by atoms with van der Waals surface area (Å²) in [4.78, 5) is 13.7. The molecular weight excluding hydrogens is 320 g/mol. The summed E-state index contributed by atoms with van der Waals surface area (Å²) in [5.74, 6) is -1.01. The maximum atomic E-state index is 12.1. The van der Waals surface area contributed by atoms with Gasteiger partial charge < -0.3 is 9.12 Å². The van der Waals surface area contributed by atoms with Gasteiger partial charge in [0.2, 0.25) is 0 Å². The van der Waals surface area contributed by atoms with E-state index in [4.69, 9.17) is 12.2 Å². The van der Waals surface area contributed by atoms with Crippen LogP contribution >= 0.6 is 24.0 Å². The fourth-order valence-electron chi connectivity index (χ4n) is 1.65. The van der Waals surface area contributed by atoms with E-state index in [0.717, 1.165) is 22.4 Å². The lowest BCUT2D eigenvalue weighted by atomic mass is 10.3. The molecule has 1 aliphatic heterocycles. The molecule has 1 saturated heterocycles. The number of hydrogen-bond acceptors (Lipinski definition) is 6. The highest BCUT2D eigenvalue weighted by atomic mass is 32.2. The van der Waals surface area contributed by atoms with E-state index < -0.39 is 15.9 Å². The summed E-state index contributed by atoms with van der Waals surface area (Å²) in [5, 5.41) is 0. The van der Waals surface area contributed by atoms with Crippen molar-refractivity contribution in [3.05, 3.63) is 28.9 Å². The van der Waals surface area contributed by atoms with Gasteiger partial charge in [-0.2, -0.15) is 0 Å². The molecule has 0 radical (unpaired) electrons. The third-order valence-electron chi connectivity index (χ3n) is 2.70. The summed E-state index contributed by atoms with van der Waals surface area (Å²) >= 11 is 6.13. The zero-order chi connectivity index (χ0) is 14.9. The fraction of sp³-hybridized carbons (Fsp3) is 0.273. The largest absolute Gasteiger partial charge is 0.748 e. The number of thioether (sulfide) groups is 1. The van der Waals surface area contributed by atoms with Crippen LogP contribution in [-0.2, 0) is 22.0 Å². The number of aromatic nitrogens is 1. The summed E-state index contributed by atoms with van der Waals surface area (Å²) < 4.78 is 34.0. The van der Waals surface area contributed by atoms with Crippen LogP contribution in [0.5, 0.6) is 0 Å². The number of carbonyl (C=O) groups is 1. The second kappa shape index (κ2) is 5.68. The van der Waals surface area contributed by atoms with Gasteiger partial charge in [-0.25, -0.2) is 8.42 Å². The molecule has 9 heteroatoms. The molecule has 6 nitrogen and oxygen atoms in total. The molecule has 0 unspecified atom stereocenters. The van der Waals surface area contributed by atoms with Crippen LogP contribution in [0.15, 0.2) is 23.2 Å². The van der Waals surface area contributed by atoms with Gasteiger partial charge in [-0.3, -0.25) is 9.69 Å². The Hall–Kier alpha value is -1.16. The number of thiocarbonyl (C=S) groups is 1. The maximum Gasteiger partial charge on any atom is 0.266 e. The minimum Gasteiger partial charge on any atom is -0.748 e. The summed E-state index contributed by atoms with van der Waals surface area (Å²) in [6, 6.07) is 3.69. The Kier molecular flexibility index (Phi) is 4.33. The highest BCUT2D eigenvalue weighted by Gasteiger charge is 2.32. The summed E-state index contributed by atoms with van der Waals surface area (Å²) in [6.07, 6.45) is 3.53. The number of amides is 1. The zero-order valence-corrected chi connectivity index (χ0v) is 12.9. The lowest BCUT2D eigenvalue weighted by Crippen LogP contribution is -2.32. The van der Waals surface area contributed by atoms with Gasteiger partial charge in [0.15, 0.2) is 0 Å². The van der Waals surface area contributed by atoms with Crippen molar-refractivity contribution < 1.29 is 17.8 Å². The van der Waals surface area contributed by atoms with Crippen LogP contribution in [-0.4, -0.2) is 45.0 Å². The molecule has 108 valence electrons. The topological polar surface area (TPSA) is 82.4 Å². The Balaban J connectivity index is 2.17. The maximum absolute atomic E-state index is 12.1. The summed E-state index contributed by atoms with van der Waals surface area (Å²) in [6.45, 7) is -0.207. The molecule has 0 atom stereocenters. The minimum atomic E-state index is -4.37. The van der Waals surface area contributed by atoms with Crippen LogP contribution in [0, 0.1) is 0 Å². The Bertz CT molecular complexity index is 690. The first-order valence-corrected chi connectivity index (χ1v) is 8.38. The van der Waals surface area contributed by atoms with Gasteiger partial charge in [0.05, 0.1) is 20.8 Å². The standard InChI is InChI=1S/C11H12N2O4S3/c1-12-4-2-3-8(12)7-9-10(14)13(11(18)19-9)5-6-20(15,16)17/h2-4,7H,5-6H2,1H3,(H,15,16,17)/p-1/b9-7+. The number of nitrogens with zero attached hydrogens (tertiary/aromatic N) is 2. The average Bonchev–Trinajstić information content (AvgIpc) is 2.83. The molecular formula is C11H11N2O4S3-. The lowest BCUT2D eigenvalue weighted by Gasteiger charge is -2.15. The number of aryl methyl sites for hydroxylation is 1. The quantitative estimate of drug-likeness (QED) is 0.460. The molecule has 1 aromatic heterocycles. The van der Waals surface area contributed by atoms with Crippen LogP contribution in [0.2, 0.25) is 0 Å². The van der Waals surface area contributed by atoms with E-state index in [2.05, 4.69) is 0 Å². The number of hydrogen-bond donors (Lipinski definition) is 0. The third kappa shape index (κ3) is 3.48. The Morgan fingerprint density at radius 2 is 2.20 bits per heavy atom. The van der Waals surface area contributed by atoms with Crippen molar-refractivity contribution in [3.8, 4) is 0 Å². The van der Waals surface area contributed by atoms with E-state index in [0.29, 0.717) is 4.91 Å². The number of rotatable bonds is 4. The monoisotopic (exact) mass is 331 g/mol. The van der Waals surface area contributed by atoms with Crippen LogP contribution in [0.3, 0.4) is 0 Å². The van der Waals surface area contributed by atoms with Crippen molar-refractivity contribution in [2.24, 2.45) is 7.05 Å². The van der Waals surface area contributed by atoms with Gasteiger partial charge in [-0.1, -0.05) is 24.0 Å². The molecule has 1 aliphatic rings. The molecule has 0 N–H and O–H groups in total. The van der Waals surface area contributed by atoms with Crippen molar-refractivity contribution in [1.29, 1.82) is 0 Å². The Labute approximate surface area is 126 Å². The van der Waals surface area contributed by atoms with Gasteiger partial charge in [-0.15, -0.1) is 0 Å². The van der Waals surface area contributed by atoms with Gasteiger partial charge in [0.1, 0.15) is 4.32 Å². The molecule has 0 aromatic carbocycles. The Morgan fingerprint density at radius 3 is 2.75 bits per heavy atom. The molecule has 0 aliphatic carbocycles. The molecule has 2 rings (SSSR count). The fourth-order valence-corrected chi connectivity index (χ4v) is 3.35. The Morgan fingerprint density at radius 1 is 1.50 bits per heavy atom. The van der Waals surface area contributed by atoms with E-state index in [1.54, 1.807) is 6.08 Å². The summed E-state index contributed by atoms with van der Waals surface area (Å²) in [7, 11) is -2.53. The summed E-state index contributed by atoms with van der Waals surface area (Å²) in [5.41, 5.74) is 0.835. The average molecular weight is 331 g/mol. The van der Waals surface area contributed by atoms with Gasteiger partial charge in [0, 0.05) is 25.5 Å². The van der Waals surface area contributed by atoms with Gasteiger partial charge in [0.25, 0.3) is 5.91 Å². The predicted octanol–water partition coefficient (Wildman–Crippen LogP) is 0.771. The SMILES string of the molecule is Cn1cccc1/C=C1/SC(=S)N(CCS(=O)(=O)[O-])C1=O. The van der Waals surface area contributed by atoms with E-state index in [1.807, 2.05) is 29.9 Å². The predicted molar refractivity (Wildman–Crippen MR) is 79.9 cm³/mol. The molecule has 0 spiro atoms. The van der Waals surface area contributed by atoms with Crippen molar-refractivity contribution >= 4 is 50.4 Å². The van der Waals surface area contributed by atoms with Gasteiger partial charge in [-0.05, 0) is 18.2 Å². The zero-order valence-electron chi connectivity index (χ0n) is 10.5. The van der Waals surface area contributed by atoms with E-state index >= 15 is 0 Å². The first-order chi connectivity index (χ1) is 9.28. The van der Waals surface area contributed by atoms with Crippen molar-refractivity contribution in [2.75, 3.05) is 12.3 Å². The molecule has 2 heterocycles. The molecule has 20 heavy (non-hydrogen) atoms. The van der Waals surface area contributed by atoms with E-state index in [-0.39, 0.29) is 16.8 Å². The number of carbonyl (C=O) groups excluding carboxylic acids is 1. The molecule has 1 fully saturated rings. The van der Waals surface area contributed by atoms with E-state index in [1.165, 1.54) is 0 Å².